The van der Waals surface area contributed by atoms with Crippen molar-refractivity contribution in [3.63, 3.8) is 0 Å². The third-order valence-corrected chi connectivity index (χ3v) is 3.89. The molecule has 1 amide bonds. The van der Waals surface area contributed by atoms with Gasteiger partial charge in [0.1, 0.15) is 0 Å². The molecule has 2 heterocycles. The summed E-state index contributed by atoms with van der Waals surface area (Å²) in [5.41, 5.74) is 0.656. The van der Waals surface area contributed by atoms with Crippen LogP contribution in [0.15, 0.2) is 56.7 Å². The summed E-state index contributed by atoms with van der Waals surface area (Å²) >= 11 is 1.08. The van der Waals surface area contributed by atoms with Crippen molar-refractivity contribution in [1.29, 1.82) is 0 Å². The predicted octanol–water partition coefficient (Wildman–Crippen LogP) is 2.85. The van der Waals surface area contributed by atoms with Crippen molar-refractivity contribution in [3.05, 3.63) is 48.2 Å². The van der Waals surface area contributed by atoms with Crippen LogP contribution in [0, 0.1) is 0 Å². The molecule has 0 aliphatic carbocycles. The maximum atomic E-state index is 12.1. The Hall–Kier alpha value is -3.07. The van der Waals surface area contributed by atoms with E-state index < -0.39 is 5.97 Å². The number of amides is 1. The van der Waals surface area contributed by atoms with Gasteiger partial charge < -0.3 is 18.9 Å². The lowest BCUT2D eigenvalue weighted by molar-refractivity contribution is -0.113. The van der Waals surface area contributed by atoms with Gasteiger partial charge in [0.25, 0.3) is 11.1 Å². The van der Waals surface area contributed by atoms with E-state index in [1.807, 2.05) is 0 Å². The fraction of sp³-hybridized carbons (Fsp3) is 0.125. The molecule has 2 aromatic heterocycles. The Kier molecular flexibility index (Phi) is 5.14. The van der Waals surface area contributed by atoms with Crippen LogP contribution in [0.2, 0.25) is 0 Å². The van der Waals surface area contributed by atoms with Gasteiger partial charge in [0, 0.05) is 0 Å². The first kappa shape index (κ1) is 16.8. The number of thioether (sulfide) groups is 1. The SMILES string of the molecule is COC(=O)c1ccccc1NC(=O)CSc1nnc(-c2ccco2)o1. The molecule has 0 spiro atoms. The zero-order valence-corrected chi connectivity index (χ0v) is 13.9. The van der Waals surface area contributed by atoms with Crippen molar-refractivity contribution in [2.75, 3.05) is 18.2 Å². The number of benzene rings is 1. The highest BCUT2D eigenvalue weighted by Gasteiger charge is 2.15. The molecular weight excluding hydrogens is 346 g/mol. The lowest BCUT2D eigenvalue weighted by atomic mass is 10.2. The lowest BCUT2D eigenvalue weighted by Crippen LogP contribution is -2.17. The van der Waals surface area contributed by atoms with Crippen molar-refractivity contribution < 1.29 is 23.2 Å². The van der Waals surface area contributed by atoms with Crippen LogP contribution in [0.5, 0.6) is 0 Å². The summed E-state index contributed by atoms with van der Waals surface area (Å²) in [6.07, 6.45) is 1.50. The highest BCUT2D eigenvalue weighted by Crippen LogP contribution is 2.23. The molecule has 0 aliphatic heterocycles. The topological polar surface area (TPSA) is 107 Å². The van der Waals surface area contributed by atoms with Crippen molar-refractivity contribution in [2.24, 2.45) is 0 Å². The summed E-state index contributed by atoms with van der Waals surface area (Å²) in [7, 11) is 1.28. The van der Waals surface area contributed by atoms with Gasteiger partial charge in [-0.15, -0.1) is 10.2 Å². The van der Waals surface area contributed by atoms with E-state index in [1.54, 1.807) is 36.4 Å². The Labute approximate surface area is 146 Å². The Balaban J connectivity index is 1.60. The van der Waals surface area contributed by atoms with E-state index in [1.165, 1.54) is 13.4 Å². The van der Waals surface area contributed by atoms with Gasteiger partial charge in [0.05, 0.1) is 30.4 Å². The molecule has 9 heteroatoms. The lowest BCUT2D eigenvalue weighted by Gasteiger charge is -2.08. The summed E-state index contributed by atoms with van der Waals surface area (Å²) in [5, 5.41) is 10.6. The van der Waals surface area contributed by atoms with Crippen molar-refractivity contribution in [2.45, 2.75) is 5.22 Å². The van der Waals surface area contributed by atoms with E-state index >= 15 is 0 Å². The van der Waals surface area contributed by atoms with E-state index in [9.17, 15) is 9.59 Å². The largest absolute Gasteiger partial charge is 0.465 e. The minimum atomic E-state index is -0.524. The maximum Gasteiger partial charge on any atom is 0.339 e. The normalized spacial score (nSPS) is 10.4. The fourth-order valence-corrected chi connectivity index (χ4v) is 2.52. The molecule has 1 N–H and O–H groups in total. The highest BCUT2D eigenvalue weighted by atomic mass is 32.2. The standard InChI is InChI=1S/C16H13N3O5S/c1-22-15(21)10-5-2-3-6-11(10)17-13(20)9-25-16-19-18-14(24-16)12-7-4-8-23-12/h2-8H,9H2,1H3,(H,17,20). The van der Waals surface area contributed by atoms with Crippen LogP contribution in [-0.4, -0.2) is 34.9 Å². The third kappa shape index (κ3) is 4.07. The van der Waals surface area contributed by atoms with Gasteiger partial charge in [-0.05, 0) is 24.3 Å². The van der Waals surface area contributed by atoms with Gasteiger partial charge in [-0.25, -0.2) is 4.79 Å². The summed E-state index contributed by atoms with van der Waals surface area (Å²) in [6.45, 7) is 0. The average molecular weight is 359 g/mol. The van der Waals surface area contributed by atoms with Gasteiger partial charge in [-0.2, -0.15) is 0 Å². The Morgan fingerprint density at radius 2 is 2.04 bits per heavy atom. The number of aromatic nitrogens is 2. The quantitative estimate of drug-likeness (QED) is 0.529. The van der Waals surface area contributed by atoms with Crippen LogP contribution >= 0.6 is 11.8 Å². The number of nitrogens with one attached hydrogen (secondary N) is 1. The van der Waals surface area contributed by atoms with Crippen molar-refractivity contribution in [1.82, 2.24) is 10.2 Å². The minimum Gasteiger partial charge on any atom is -0.465 e. The van der Waals surface area contributed by atoms with E-state index in [0.29, 0.717) is 11.4 Å². The molecule has 128 valence electrons. The molecule has 0 unspecified atom stereocenters. The number of rotatable bonds is 6. The number of hydrogen-bond donors (Lipinski definition) is 1. The Morgan fingerprint density at radius 3 is 2.80 bits per heavy atom. The van der Waals surface area contributed by atoms with Crippen LogP contribution in [0.1, 0.15) is 10.4 Å². The second kappa shape index (κ2) is 7.67. The first-order valence-electron chi connectivity index (χ1n) is 7.14. The number of nitrogens with zero attached hydrogens (tertiary/aromatic N) is 2. The molecule has 1 aromatic carbocycles. The van der Waals surface area contributed by atoms with Crippen LogP contribution in [0.4, 0.5) is 5.69 Å². The van der Waals surface area contributed by atoms with E-state index in [0.717, 1.165) is 11.8 Å². The number of furan rings is 1. The number of carbonyl (C=O) groups is 2. The molecule has 3 aromatic rings. The molecular formula is C16H13N3O5S. The Bertz CT molecular complexity index is 876. The van der Waals surface area contributed by atoms with Crippen LogP contribution in [0.25, 0.3) is 11.7 Å². The second-order valence-electron chi connectivity index (χ2n) is 4.72. The van der Waals surface area contributed by atoms with Crippen LogP contribution in [-0.2, 0) is 9.53 Å². The number of hydrogen-bond acceptors (Lipinski definition) is 8. The predicted molar refractivity (Wildman–Crippen MR) is 89.1 cm³/mol. The number of carbonyl (C=O) groups excluding carboxylic acids is 2. The van der Waals surface area contributed by atoms with Gasteiger partial charge in [0.2, 0.25) is 5.91 Å². The molecule has 0 bridgehead atoms. The average Bonchev–Trinajstić information content (AvgIpc) is 3.31. The zero-order valence-electron chi connectivity index (χ0n) is 13.1. The molecule has 25 heavy (non-hydrogen) atoms. The Morgan fingerprint density at radius 1 is 1.20 bits per heavy atom. The van der Waals surface area contributed by atoms with Crippen LogP contribution < -0.4 is 5.32 Å². The first-order chi connectivity index (χ1) is 12.2. The van der Waals surface area contributed by atoms with Crippen LogP contribution in [0.3, 0.4) is 0 Å². The van der Waals surface area contributed by atoms with Gasteiger partial charge in [0.15, 0.2) is 5.76 Å². The number of para-hydroxylation sites is 1. The zero-order chi connectivity index (χ0) is 17.6. The smallest absolute Gasteiger partial charge is 0.339 e. The number of ether oxygens (including phenoxy) is 1. The second-order valence-corrected chi connectivity index (χ2v) is 5.65. The van der Waals surface area contributed by atoms with Gasteiger partial charge >= 0.3 is 5.97 Å². The molecule has 0 fully saturated rings. The van der Waals surface area contributed by atoms with Gasteiger partial charge in [-0.1, -0.05) is 23.9 Å². The highest BCUT2D eigenvalue weighted by molar-refractivity contribution is 7.99. The van der Waals surface area contributed by atoms with Crippen molar-refractivity contribution >= 4 is 29.3 Å². The van der Waals surface area contributed by atoms with E-state index in [4.69, 9.17) is 8.83 Å². The number of esters is 1. The first-order valence-corrected chi connectivity index (χ1v) is 8.13. The summed E-state index contributed by atoms with van der Waals surface area (Å²) < 4.78 is 15.2. The molecule has 0 saturated heterocycles. The fourth-order valence-electron chi connectivity index (χ4n) is 1.96. The number of methoxy groups -OCH3 is 1. The van der Waals surface area contributed by atoms with Gasteiger partial charge in [-0.3, -0.25) is 4.79 Å². The summed E-state index contributed by atoms with van der Waals surface area (Å²) in [4.78, 5) is 23.8. The molecule has 0 saturated carbocycles. The number of anilines is 1. The maximum absolute atomic E-state index is 12.1. The third-order valence-electron chi connectivity index (χ3n) is 3.07. The molecule has 0 atom stereocenters. The molecule has 0 radical (unpaired) electrons. The minimum absolute atomic E-state index is 0.0370. The van der Waals surface area contributed by atoms with E-state index in [2.05, 4.69) is 20.3 Å². The van der Waals surface area contributed by atoms with Crippen molar-refractivity contribution in [3.8, 4) is 11.7 Å². The monoisotopic (exact) mass is 359 g/mol. The van der Waals surface area contributed by atoms with E-state index in [-0.39, 0.29) is 28.3 Å². The molecule has 3 rings (SSSR count). The summed E-state index contributed by atoms with van der Waals surface area (Å²) in [5.74, 6) is -0.114. The summed E-state index contributed by atoms with van der Waals surface area (Å²) in [6, 6.07) is 9.99. The molecule has 8 nitrogen and oxygen atoms in total. The molecule has 0 aliphatic rings.